The summed E-state index contributed by atoms with van der Waals surface area (Å²) in [5.74, 6) is -0.549. The third kappa shape index (κ3) is 3.26. The standard InChI is InChI=1S/C26H16O5/c1-15-6-11-23-21(12-15)24(28)18(14-30-23)9-10-22(27)20-13-17-8-7-16-4-2-3-5-19(16)25(17)31-26(20)29/h2-14H,1H3. The lowest BCUT2D eigenvalue weighted by Crippen LogP contribution is -2.12. The van der Waals surface area contributed by atoms with Gasteiger partial charge in [0.25, 0.3) is 0 Å². The fourth-order valence-electron chi connectivity index (χ4n) is 3.65. The molecule has 31 heavy (non-hydrogen) atoms. The molecule has 0 aliphatic carbocycles. The molecular weight excluding hydrogens is 392 g/mol. The van der Waals surface area contributed by atoms with Crippen molar-refractivity contribution in [1.82, 2.24) is 0 Å². The van der Waals surface area contributed by atoms with Crippen molar-refractivity contribution in [2.75, 3.05) is 0 Å². The molecular formula is C26H16O5. The molecule has 5 nitrogen and oxygen atoms in total. The van der Waals surface area contributed by atoms with E-state index in [0.29, 0.717) is 21.9 Å². The minimum absolute atomic E-state index is 0.0972. The summed E-state index contributed by atoms with van der Waals surface area (Å²) < 4.78 is 11.0. The molecule has 0 saturated carbocycles. The number of carbonyl (C=O) groups excluding carboxylic acids is 1. The van der Waals surface area contributed by atoms with E-state index in [-0.39, 0.29) is 16.6 Å². The van der Waals surface area contributed by atoms with E-state index in [0.717, 1.165) is 16.3 Å². The minimum Gasteiger partial charge on any atom is -0.463 e. The summed E-state index contributed by atoms with van der Waals surface area (Å²) in [6.07, 6.45) is 3.85. The highest BCUT2D eigenvalue weighted by molar-refractivity contribution is 6.10. The highest BCUT2D eigenvalue weighted by Gasteiger charge is 2.13. The summed E-state index contributed by atoms with van der Waals surface area (Å²) in [5.41, 5.74) is 1.00. The highest BCUT2D eigenvalue weighted by atomic mass is 16.4. The number of aryl methyl sites for hydroxylation is 1. The van der Waals surface area contributed by atoms with Crippen molar-refractivity contribution in [3.05, 3.63) is 110 Å². The summed E-state index contributed by atoms with van der Waals surface area (Å²) in [7, 11) is 0. The molecule has 2 aromatic heterocycles. The van der Waals surface area contributed by atoms with E-state index in [1.807, 2.05) is 43.3 Å². The number of carbonyl (C=O) groups is 1. The molecule has 3 aromatic carbocycles. The fraction of sp³-hybridized carbons (Fsp3) is 0.0385. The van der Waals surface area contributed by atoms with E-state index in [2.05, 4.69) is 0 Å². The summed E-state index contributed by atoms with van der Waals surface area (Å²) in [4.78, 5) is 37.9. The van der Waals surface area contributed by atoms with Gasteiger partial charge >= 0.3 is 5.63 Å². The molecule has 0 atom stereocenters. The van der Waals surface area contributed by atoms with Gasteiger partial charge in [0.15, 0.2) is 11.2 Å². The van der Waals surface area contributed by atoms with Gasteiger partial charge in [-0.1, -0.05) is 48.0 Å². The van der Waals surface area contributed by atoms with Gasteiger partial charge in [0.05, 0.1) is 10.9 Å². The summed E-state index contributed by atoms with van der Waals surface area (Å²) >= 11 is 0. The van der Waals surface area contributed by atoms with Gasteiger partial charge in [0.2, 0.25) is 0 Å². The Morgan fingerprint density at radius 1 is 0.903 bits per heavy atom. The zero-order valence-electron chi connectivity index (χ0n) is 16.5. The Morgan fingerprint density at radius 3 is 2.58 bits per heavy atom. The molecule has 0 aliphatic rings. The van der Waals surface area contributed by atoms with Crippen molar-refractivity contribution in [1.29, 1.82) is 0 Å². The average Bonchev–Trinajstić information content (AvgIpc) is 2.78. The van der Waals surface area contributed by atoms with E-state index in [1.54, 1.807) is 18.2 Å². The predicted molar refractivity (Wildman–Crippen MR) is 121 cm³/mol. The van der Waals surface area contributed by atoms with Crippen molar-refractivity contribution >= 4 is 44.6 Å². The lowest BCUT2D eigenvalue weighted by atomic mass is 10.0. The quantitative estimate of drug-likeness (QED) is 0.176. The molecule has 150 valence electrons. The van der Waals surface area contributed by atoms with Crippen molar-refractivity contribution in [3.63, 3.8) is 0 Å². The fourth-order valence-corrected chi connectivity index (χ4v) is 3.65. The average molecular weight is 408 g/mol. The smallest absolute Gasteiger partial charge is 0.347 e. The molecule has 0 amide bonds. The van der Waals surface area contributed by atoms with Crippen LogP contribution in [-0.4, -0.2) is 5.78 Å². The third-order valence-corrected chi connectivity index (χ3v) is 5.26. The van der Waals surface area contributed by atoms with E-state index in [4.69, 9.17) is 8.83 Å². The van der Waals surface area contributed by atoms with Gasteiger partial charge < -0.3 is 8.83 Å². The van der Waals surface area contributed by atoms with E-state index in [1.165, 1.54) is 24.5 Å². The van der Waals surface area contributed by atoms with Crippen molar-refractivity contribution in [2.24, 2.45) is 0 Å². The maximum Gasteiger partial charge on any atom is 0.347 e. The largest absolute Gasteiger partial charge is 0.463 e. The van der Waals surface area contributed by atoms with Gasteiger partial charge in [-0.3, -0.25) is 9.59 Å². The Bertz CT molecular complexity index is 1650. The van der Waals surface area contributed by atoms with E-state index in [9.17, 15) is 14.4 Å². The van der Waals surface area contributed by atoms with Crippen LogP contribution in [0.2, 0.25) is 0 Å². The first-order chi connectivity index (χ1) is 15.0. The summed E-state index contributed by atoms with van der Waals surface area (Å²) in [6, 6.07) is 18.1. The second-order valence-electron chi connectivity index (χ2n) is 7.37. The van der Waals surface area contributed by atoms with Gasteiger partial charge in [-0.25, -0.2) is 4.79 Å². The van der Waals surface area contributed by atoms with Crippen LogP contribution in [-0.2, 0) is 0 Å². The van der Waals surface area contributed by atoms with Crippen LogP contribution in [0, 0.1) is 6.92 Å². The molecule has 0 aliphatic heterocycles. The maximum absolute atomic E-state index is 12.7. The molecule has 0 bridgehead atoms. The first-order valence-corrected chi connectivity index (χ1v) is 9.71. The maximum atomic E-state index is 12.7. The predicted octanol–water partition coefficient (Wildman–Crippen LogP) is 5.26. The second-order valence-corrected chi connectivity index (χ2v) is 7.37. The molecule has 5 rings (SSSR count). The van der Waals surface area contributed by atoms with Gasteiger partial charge in [-0.15, -0.1) is 0 Å². The third-order valence-electron chi connectivity index (χ3n) is 5.26. The number of fused-ring (bicyclic) bond motifs is 4. The van der Waals surface area contributed by atoms with Crippen LogP contribution < -0.4 is 11.1 Å². The SMILES string of the molecule is Cc1ccc2occ(C=CC(=O)c3cc4ccc5ccccc5c4oc3=O)c(=O)c2c1. The number of hydrogen-bond donors (Lipinski definition) is 0. The van der Waals surface area contributed by atoms with Gasteiger partial charge in [0.1, 0.15) is 23.0 Å². The monoisotopic (exact) mass is 408 g/mol. The lowest BCUT2D eigenvalue weighted by molar-refractivity contribution is 0.104. The Morgan fingerprint density at radius 2 is 1.71 bits per heavy atom. The highest BCUT2D eigenvalue weighted by Crippen LogP contribution is 2.25. The van der Waals surface area contributed by atoms with Crippen LogP contribution in [0.25, 0.3) is 38.8 Å². The molecule has 0 spiro atoms. The molecule has 5 aromatic rings. The van der Waals surface area contributed by atoms with E-state index < -0.39 is 11.4 Å². The van der Waals surface area contributed by atoms with Crippen LogP contribution in [0.15, 0.2) is 91.4 Å². The number of rotatable bonds is 3. The van der Waals surface area contributed by atoms with Crippen LogP contribution in [0.3, 0.4) is 0 Å². The summed E-state index contributed by atoms with van der Waals surface area (Å²) in [6.45, 7) is 1.88. The molecule has 5 heteroatoms. The molecule has 2 heterocycles. The number of hydrogen-bond acceptors (Lipinski definition) is 5. The Hall–Kier alpha value is -4.25. The van der Waals surface area contributed by atoms with Crippen LogP contribution in [0.1, 0.15) is 21.5 Å². The van der Waals surface area contributed by atoms with E-state index >= 15 is 0 Å². The topological polar surface area (TPSA) is 77.5 Å². The van der Waals surface area contributed by atoms with Crippen molar-refractivity contribution in [2.45, 2.75) is 6.92 Å². The van der Waals surface area contributed by atoms with Gasteiger partial charge in [-0.05, 0) is 42.7 Å². The first-order valence-electron chi connectivity index (χ1n) is 9.71. The number of benzene rings is 3. The molecule has 0 radical (unpaired) electrons. The second kappa shape index (κ2) is 7.22. The summed E-state index contributed by atoms with van der Waals surface area (Å²) in [5, 5.41) is 2.83. The molecule has 0 saturated heterocycles. The Labute approximate surface area is 175 Å². The molecule has 0 N–H and O–H groups in total. The Kier molecular flexibility index (Phi) is 4.37. The number of ketones is 1. The molecule has 0 fully saturated rings. The van der Waals surface area contributed by atoms with Gasteiger partial charge in [-0.2, -0.15) is 0 Å². The zero-order valence-corrected chi connectivity index (χ0v) is 16.5. The van der Waals surface area contributed by atoms with Crippen LogP contribution >= 0.6 is 0 Å². The lowest BCUT2D eigenvalue weighted by Gasteiger charge is -2.03. The molecule has 0 unspecified atom stereocenters. The Balaban J connectivity index is 1.55. The van der Waals surface area contributed by atoms with Crippen LogP contribution in [0.5, 0.6) is 0 Å². The first kappa shape index (κ1) is 18.8. The van der Waals surface area contributed by atoms with Gasteiger partial charge in [0, 0.05) is 10.8 Å². The number of allylic oxidation sites excluding steroid dienone is 1. The zero-order chi connectivity index (χ0) is 21.5. The minimum atomic E-state index is -0.723. The normalized spacial score (nSPS) is 11.6. The van der Waals surface area contributed by atoms with Crippen molar-refractivity contribution in [3.8, 4) is 0 Å². The van der Waals surface area contributed by atoms with Crippen molar-refractivity contribution < 1.29 is 13.6 Å². The van der Waals surface area contributed by atoms with Crippen LogP contribution in [0.4, 0.5) is 0 Å².